The van der Waals surface area contributed by atoms with E-state index in [0.29, 0.717) is 11.4 Å². The second-order valence-electron chi connectivity index (χ2n) is 11.4. The van der Waals surface area contributed by atoms with Crippen molar-refractivity contribution in [1.29, 1.82) is 0 Å². The maximum Gasteiger partial charge on any atom is 0.264 e. The molecule has 4 aromatic carbocycles. The summed E-state index contributed by atoms with van der Waals surface area (Å²) in [6.45, 7) is 7.06. The lowest BCUT2D eigenvalue weighted by atomic mass is 10.0. The van der Waals surface area contributed by atoms with Gasteiger partial charge in [0.1, 0.15) is 18.3 Å². The van der Waals surface area contributed by atoms with E-state index in [9.17, 15) is 18.0 Å². The number of ether oxygens (including phenoxy) is 1. The zero-order valence-electron chi connectivity index (χ0n) is 26.4. The molecule has 0 saturated carbocycles. The highest BCUT2D eigenvalue weighted by Crippen LogP contribution is 2.26. The summed E-state index contributed by atoms with van der Waals surface area (Å²) in [6.07, 6.45) is 0.240. The van der Waals surface area contributed by atoms with Crippen molar-refractivity contribution >= 4 is 27.5 Å². The number of sulfonamides is 1. The molecule has 1 atom stereocenters. The van der Waals surface area contributed by atoms with Gasteiger partial charge in [0.25, 0.3) is 10.0 Å². The van der Waals surface area contributed by atoms with Crippen molar-refractivity contribution in [3.63, 3.8) is 0 Å². The van der Waals surface area contributed by atoms with Crippen LogP contribution in [0.5, 0.6) is 5.75 Å². The molecule has 0 radical (unpaired) electrons. The molecule has 9 heteroatoms. The summed E-state index contributed by atoms with van der Waals surface area (Å²) >= 11 is 0. The minimum absolute atomic E-state index is 0.0609. The van der Waals surface area contributed by atoms with Crippen LogP contribution < -0.4 is 14.4 Å². The lowest BCUT2D eigenvalue weighted by molar-refractivity contribution is -0.140. The number of carbonyl (C=O) groups is 2. The molecule has 4 rings (SSSR count). The maximum atomic E-state index is 14.5. The van der Waals surface area contributed by atoms with Crippen LogP contribution in [0.1, 0.15) is 36.1 Å². The van der Waals surface area contributed by atoms with Gasteiger partial charge in [0.05, 0.1) is 17.7 Å². The van der Waals surface area contributed by atoms with Crippen molar-refractivity contribution in [2.24, 2.45) is 0 Å². The standard InChI is InChI=1S/C36H41N3O5S/c1-26(2)37-36(41)34(23-29-10-7-6-8-11-29)38(24-30-12-9-13-32(22-30)44-5)35(40)25-39(31-18-14-27(3)15-19-31)45(42,43)33-20-16-28(4)17-21-33/h6-22,26,34H,23-25H2,1-5H3,(H,37,41)/t34-/m0/s1. The van der Waals surface area contributed by atoms with Crippen LogP contribution in [-0.2, 0) is 32.6 Å². The van der Waals surface area contributed by atoms with Gasteiger partial charge in [0, 0.05) is 19.0 Å². The van der Waals surface area contributed by atoms with Crippen molar-refractivity contribution in [3.05, 3.63) is 125 Å². The molecule has 0 bridgehead atoms. The molecule has 0 aliphatic carbocycles. The number of anilines is 1. The Morgan fingerprint density at radius 2 is 1.40 bits per heavy atom. The summed E-state index contributed by atoms with van der Waals surface area (Å²) in [5.74, 6) is -0.239. The average molecular weight is 628 g/mol. The van der Waals surface area contributed by atoms with Gasteiger partial charge in [0.15, 0.2) is 0 Å². The highest BCUT2D eigenvalue weighted by atomic mass is 32.2. The third kappa shape index (κ3) is 8.73. The Balaban J connectivity index is 1.81. The fraction of sp³-hybridized carbons (Fsp3) is 0.278. The Hall–Kier alpha value is -4.63. The summed E-state index contributed by atoms with van der Waals surface area (Å²) in [5, 5.41) is 2.97. The molecule has 0 spiro atoms. The fourth-order valence-corrected chi connectivity index (χ4v) is 6.39. The van der Waals surface area contributed by atoms with E-state index < -0.39 is 28.5 Å². The lowest BCUT2D eigenvalue weighted by Crippen LogP contribution is -2.54. The van der Waals surface area contributed by atoms with Gasteiger partial charge >= 0.3 is 0 Å². The van der Waals surface area contributed by atoms with Crippen molar-refractivity contribution < 1.29 is 22.7 Å². The number of methoxy groups -OCH3 is 1. The van der Waals surface area contributed by atoms with E-state index in [0.717, 1.165) is 26.6 Å². The van der Waals surface area contributed by atoms with Gasteiger partial charge in [-0.3, -0.25) is 13.9 Å². The monoisotopic (exact) mass is 627 g/mol. The summed E-state index contributed by atoms with van der Waals surface area (Å²) in [7, 11) is -2.59. The van der Waals surface area contributed by atoms with Gasteiger partial charge in [-0.15, -0.1) is 0 Å². The normalized spacial score (nSPS) is 12.0. The smallest absolute Gasteiger partial charge is 0.264 e. The van der Waals surface area contributed by atoms with Gasteiger partial charge in [-0.1, -0.05) is 77.9 Å². The number of aryl methyl sites for hydroxylation is 2. The van der Waals surface area contributed by atoms with Crippen LogP contribution >= 0.6 is 0 Å². The first kappa shape index (κ1) is 33.3. The first-order chi connectivity index (χ1) is 21.5. The molecule has 0 aliphatic heterocycles. The number of rotatable bonds is 13. The molecule has 0 aromatic heterocycles. The second-order valence-corrected chi connectivity index (χ2v) is 13.3. The molecule has 2 amide bonds. The molecular formula is C36H41N3O5S. The Bertz CT molecular complexity index is 1690. The minimum atomic E-state index is -4.15. The summed E-state index contributed by atoms with van der Waals surface area (Å²) in [4.78, 5) is 29.9. The number of benzene rings is 4. The van der Waals surface area contributed by atoms with Crippen LogP contribution in [0.3, 0.4) is 0 Å². The molecule has 0 unspecified atom stereocenters. The van der Waals surface area contributed by atoms with Crippen LogP contribution in [0.2, 0.25) is 0 Å². The molecule has 0 aliphatic rings. The number of nitrogens with zero attached hydrogens (tertiary/aromatic N) is 2. The predicted molar refractivity (Wildman–Crippen MR) is 178 cm³/mol. The molecule has 1 N–H and O–H groups in total. The van der Waals surface area contributed by atoms with E-state index in [-0.39, 0.29) is 29.8 Å². The molecule has 0 saturated heterocycles. The zero-order valence-corrected chi connectivity index (χ0v) is 27.3. The molecule has 45 heavy (non-hydrogen) atoms. The minimum Gasteiger partial charge on any atom is -0.497 e. The second kappa shape index (κ2) is 14.9. The number of nitrogens with one attached hydrogen (secondary N) is 1. The topological polar surface area (TPSA) is 96.0 Å². The third-order valence-corrected chi connectivity index (χ3v) is 9.19. The summed E-state index contributed by atoms with van der Waals surface area (Å²) < 4.78 is 34.8. The van der Waals surface area contributed by atoms with Gasteiger partial charge in [-0.2, -0.15) is 0 Å². The van der Waals surface area contributed by atoms with E-state index >= 15 is 0 Å². The van der Waals surface area contributed by atoms with Crippen LogP contribution in [-0.4, -0.2) is 50.9 Å². The fourth-order valence-electron chi connectivity index (χ4n) is 4.98. The summed E-state index contributed by atoms with van der Waals surface area (Å²) in [6, 6.07) is 29.2. The highest BCUT2D eigenvalue weighted by molar-refractivity contribution is 7.92. The van der Waals surface area contributed by atoms with Gasteiger partial charge in [-0.05, 0) is 75.2 Å². The van der Waals surface area contributed by atoms with Crippen LogP contribution in [0.15, 0.2) is 108 Å². The molecule has 0 heterocycles. The third-order valence-electron chi connectivity index (χ3n) is 7.40. The molecule has 4 aromatic rings. The van der Waals surface area contributed by atoms with Crippen molar-refractivity contribution in [2.75, 3.05) is 18.0 Å². The Morgan fingerprint density at radius 1 is 0.800 bits per heavy atom. The number of hydrogen-bond donors (Lipinski definition) is 1. The van der Waals surface area contributed by atoms with Gasteiger partial charge in [0.2, 0.25) is 11.8 Å². The SMILES string of the molecule is COc1cccc(CN(C(=O)CN(c2ccc(C)cc2)S(=O)(=O)c2ccc(C)cc2)[C@@H](Cc2ccccc2)C(=O)NC(C)C)c1. The Kier molecular flexibility index (Phi) is 11.0. The van der Waals surface area contributed by atoms with Crippen LogP contribution in [0.4, 0.5) is 5.69 Å². The molecule has 236 valence electrons. The van der Waals surface area contributed by atoms with Crippen molar-refractivity contribution in [1.82, 2.24) is 10.2 Å². The Morgan fingerprint density at radius 3 is 2.00 bits per heavy atom. The number of amides is 2. The van der Waals surface area contributed by atoms with E-state index in [1.807, 2.05) is 70.2 Å². The van der Waals surface area contributed by atoms with Crippen molar-refractivity contribution in [3.8, 4) is 5.75 Å². The molecular weight excluding hydrogens is 586 g/mol. The van der Waals surface area contributed by atoms with Crippen LogP contribution in [0, 0.1) is 13.8 Å². The first-order valence-corrected chi connectivity index (χ1v) is 16.3. The van der Waals surface area contributed by atoms with Crippen LogP contribution in [0.25, 0.3) is 0 Å². The molecule has 8 nitrogen and oxygen atoms in total. The van der Waals surface area contributed by atoms with Gasteiger partial charge in [-0.25, -0.2) is 8.42 Å². The lowest BCUT2D eigenvalue weighted by Gasteiger charge is -2.34. The first-order valence-electron chi connectivity index (χ1n) is 14.9. The summed E-state index contributed by atoms with van der Waals surface area (Å²) in [5.41, 5.74) is 3.82. The van der Waals surface area contributed by atoms with Crippen molar-refractivity contribution in [2.45, 2.75) is 57.6 Å². The van der Waals surface area contributed by atoms with E-state index in [1.165, 1.54) is 4.90 Å². The average Bonchev–Trinajstić information content (AvgIpc) is 3.02. The number of hydrogen-bond acceptors (Lipinski definition) is 5. The zero-order chi connectivity index (χ0) is 32.6. The highest BCUT2D eigenvalue weighted by Gasteiger charge is 2.34. The quantitative estimate of drug-likeness (QED) is 0.206. The Labute approximate surface area is 266 Å². The molecule has 0 fully saturated rings. The maximum absolute atomic E-state index is 14.5. The van der Waals surface area contributed by atoms with E-state index in [1.54, 1.807) is 67.8 Å². The number of carbonyl (C=O) groups excluding carboxylic acids is 2. The van der Waals surface area contributed by atoms with E-state index in [4.69, 9.17) is 4.74 Å². The van der Waals surface area contributed by atoms with Gasteiger partial charge < -0.3 is 15.0 Å². The van der Waals surface area contributed by atoms with E-state index in [2.05, 4.69) is 5.32 Å². The predicted octanol–water partition coefficient (Wildman–Crippen LogP) is 5.67. The largest absolute Gasteiger partial charge is 0.497 e.